The normalized spacial score (nSPS) is 14.4. The lowest BCUT2D eigenvalue weighted by molar-refractivity contribution is -0.145. The summed E-state index contributed by atoms with van der Waals surface area (Å²) in [4.78, 5) is 12.3. The van der Waals surface area contributed by atoms with Gasteiger partial charge in [0.2, 0.25) is 0 Å². The van der Waals surface area contributed by atoms with Crippen LogP contribution in [-0.2, 0) is 9.53 Å². The number of benzene rings is 2. The molecule has 8 nitrogen and oxygen atoms in total. The second-order valence-corrected chi connectivity index (χ2v) is 8.07. The van der Waals surface area contributed by atoms with Crippen LogP contribution in [0.4, 0.5) is 0 Å². The molecule has 30 heavy (non-hydrogen) atoms. The summed E-state index contributed by atoms with van der Waals surface area (Å²) in [5.41, 5.74) is 2.48. The van der Waals surface area contributed by atoms with Crippen LogP contribution < -0.4 is 0 Å². The molecule has 0 atom stereocenters. The van der Waals surface area contributed by atoms with E-state index in [-0.39, 0.29) is 17.8 Å². The average molecular weight is 420 g/mol. The summed E-state index contributed by atoms with van der Waals surface area (Å²) < 4.78 is 9.12. The molecule has 0 N–H and O–H groups in total. The molecule has 0 aliphatic heterocycles. The lowest BCUT2D eigenvalue weighted by Gasteiger charge is -2.12. The van der Waals surface area contributed by atoms with Crippen molar-refractivity contribution in [1.29, 1.82) is 0 Å². The molecule has 5 rings (SSSR count). The lowest BCUT2D eigenvalue weighted by Crippen LogP contribution is -2.16. The Morgan fingerprint density at radius 3 is 2.60 bits per heavy atom. The van der Waals surface area contributed by atoms with E-state index in [9.17, 15) is 4.79 Å². The van der Waals surface area contributed by atoms with Crippen molar-refractivity contribution in [1.82, 2.24) is 29.8 Å². The minimum absolute atomic E-state index is 0.0576. The molecule has 2 aromatic carbocycles. The van der Waals surface area contributed by atoms with Crippen molar-refractivity contribution >= 4 is 28.8 Å². The first-order valence-corrected chi connectivity index (χ1v) is 10.9. The van der Waals surface area contributed by atoms with E-state index in [0.29, 0.717) is 11.1 Å². The van der Waals surface area contributed by atoms with Crippen molar-refractivity contribution in [2.24, 2.45) is 0 Å². The molecule has 4 aromatic rings. The van der Waals surface area contributed by atoms with Gasteiger partial charge in [0.25, 0.3) is 5.95 Å². The summed E-state index contributed by atoms with van der Waals surface area (Å²) in [6, 6.07) is 17.5. The molecule has 2 heterocycles. The lowest BCUT2D eigenvalue weighted by atomic mass is 10.3. The molecule has 2 aromatic heterocycles. The molecule has 0 unspecified atom stereocenters. The Balaban J connectivity index is 1.47. The highest BCUT2D eigenvalue weighted by Gasteiger charge is 2.22. The van der Waals surface area contributed by atoms with Crippen LogP contribution in [0, 0.1) is 0 Å². The number of carbonyl (C=O) groups excluding carboxylic acids is 1. The van der Waals surface area contributed by atoms with Gasteiger partial charge in [0.05, 0.1) is 17.0 Å². The fourth-order valence-electron chi connectivity index (χ4n) is 3.66. The number of thioether (sulfide) groups is 1. The molecule has 1 saturated carbocycles. The first kappa shape index (κ1) is 18.8. The zero-order valence-corrected chi connectivity index (χ0v) is 17.0. The Hall–Kier alpha value is -3.20. The van der Waals surface area contributed by atoms with Gasteiger partial charge < -0.3 is 4.74 Å². The monoisotopic (exact) mass is 420 g/mol. The van der Waals surface area contributed by atoms with Crippen LogP contribution in [-0.4, -0.2) is 47.6 Å². The molecule has 9 heteroatoms. The van der Waals surface area contributed by atoms with Gasteiger partial charge in [0.15, 0.2) is 5.16 Å². The topological polar surface area (TPSA) is 87.7 Å². The first-order valence-electron chi connectivity index (χ1n) is 9.93. The van der Waals surface area contributed by atoms with Crippen LogP contribution in [0.3, 0.4) is 0 Å². The Kier molecular flexibility index (Phi) is 5.18. The Bertz CT molecular complexity index is 1170. The zero-order chi connectivity index (χ0) is 20.3. The van der Waals surface area contributed by atoms with Gasteiger partial charge in [-0.05, 0) is 49.9 Å². The van der Waals surface area contributed by atoms with E-state index in [0.717, 1.165) is 42.4 Å². The third-order valence-electron chi connectivity index (χ3n) is 5.09. The minimum Gasteiger partial charge on any atom is -0.462 e. The van der Waals surface area contributed by atoms with E-state index >= 15 is 0 Å². The predicted molar refractivity (Wildman–Crippen MR) is 113 cm³/mol. The molecule has 1 aliphatic rings. The van der Waals surface area contributed by atoms with Gasteiger partial charge in [-0.3, -0.25) is 9.36 Å². The summed E-state index contributed by atoms with van der Waals surface area (Å²) in [5, 5.41) is 17.8. The van der Waals surface area contributed by atoms with Crippen LogP contribution in [0.15, 0.2) is 59.8 Å². The number of nitrogens with zero attached hydrogens (tertiary/aromatic N) is 6. The Morgan fingerprint density at radius 1 is 1.00 bits per heavy atom. The highest BCUT2D eigenvalue weighted by Crippen LogP contribution is 2.26. The Morgan fingerprint density at radius 2 is 1.77 bits per heavy atom. The zero-order valence-electron chi connectivity index (χ0n) is 16.2. The van der Waals surface area contributed by atoms with Gasteiger partial charge in [-0.1, -0.05) is 47.3 Å². The van der Waals surface area contributed by atoms with E-state index in [1.165, 1.54) is 11.8 Å². The number of esters is 1. The van der Waals surface area contributed by atoms with Crippen molar-refractivity contribution < 1.29 is 9.53 Å². The van der Waals surface area contributed by atoms with E-state index in [1.807, 2.05) is 59.2 Å². The molecule has 0 bridgehead atoms. The smallest absolute Gasteiger partial charge is 0.316 e. The Labute approximate surface area is 177 Å². The summed E-state index contributed by atoms with van der Waals surface area (Å²) in [6.07, 6.45) is 4.23. The third kappa shape index (κ3) is 3.68. The summed E-state index contributed by atoms with van der Waals surface area (Å²) in [7, 11) is 0. The molecule has 0 amide bonds. The highest BCUT2D eigenvalue weighted by molar-refractivity contribution is 7.99. The predicted octanol–water partition coefficient (Wildman–Crippen LogP) is 3.58. The molecule has 152 valence electrons. The SMILES string of the molecule is O=C(CSc1nnc(-n2nnc3ccccc32)n1-c1ccccc1)OC1CCCC1. The number of aromatic nitrogens is 6. The highest BCUT2D eigenvalue weighted by atomic mass is 32.2. The number of ether oxygens (including phenoxy) is 1. The molecular weight excluding hydrogens is 400 g/mol. The van der Waals surface area contributed by atoms with Gasteiger partial charge in [0.1, 0.15) is 11.6 Å². The number of carbonyl (C=O) groups is 1. The van der Waals surface area contributed by atoms with E-state index in [1.54, 1.807) is 4.68 Å². The van der Waals surface area contributed by atoms with E-state index in [2.05, 4.69) is 20.5 Å². The fourth-order valence-corrected chi connectivity index (χ4v) is 4.39. The number of rotatable bonds is 6. The van der Waals surface area contributed by atoms with Crippen molar-refractivity contribution in [2.45, 2.75) is 36.9 Å². The maximum Gasteiger partial charge on any atom is 0.316 e. The van der Waals surface area contributed by atoms with Crippen molar-refractivity contribution in [3.8, 4) is 11.6 Å². The molecular formula is C21H20N6O2S. The summed E-state index contributed by atoms with van der Waals surface area (Å²) in [6.45, 7) is 0. The quantitative estimate of drug-likeness (QED) is 0.348. The van der Waals surface area contributed by atoms with Crippen molar-refractivity contribution in [2.75, 3.05) is 5.75 Å². The summed E-state index contributed by atoms with van der Waals surface area (Å²) >= 11 is 1.31. The van der Waals surface area contributed by atoms with E-state index < -0.39 is 0 Å². The second kappa shape index (κ2) is 8.27. The van der Waals surface area contributed by atoms with E-state index in [4.69, 9.17) is 4.74 Å². The standard InChI is InChI=1S/C21H20N6O2S/c28-19(29-16-10-4-5-11-16)14-30-21-24-23-20(26(21)15-8-2-1-3-9-15)27-18-13-7-6-12-17(18)22-25-27/h1-3,6-9,12-13,16H,4-5,10-11,14H2. The molecule has 0 saturated heterocycles. The third-order valence-corrected chi connectivity index (χ3v) is 5.99. The van der Waals surface area contributed by atoms with Crippen LogP contribution in [0.1, 0.15) is 25.7 Å². The molecule has 0 radical (unpaired) electrons. The van der Waals surface area contributed by atoms with Gasteiger partial charge in [-0.15, -0.1) is 15.3 Å². The second-order valence-electron chi connectivity index (χ2n) is 7.13. The van der Waals surface area contributed by atoms with Gasteiger partial charge in [0, 0.05) is 0 Å². The van der Waals surface area contributed by atoms with Crippen LogP contribution >= 0.6 is 11.8 Å². The average Bonchev–Trinajstić information content (AvgIpc) is 3.52. The maximum absolute atomic E-state index is 12.3. The summed E-state index contributed by atoms with van der Waals surface area (Å²) in [5.74, 6) is 0.475. The van der Waals surface area contributed by atoms with Crippen LogP contribution in [0.25, 0.3) is 22.7 Å². The van der Waals surface area contributed by atoms with Crippen molar-refractivity contribution in [3.63, 3.8) is 0 Å². The van der Waals surface area contributed by atoms with Crippen molar-refractivity contribution in [3.05, 3.63) is 54.6 Å². The number of para-hydroxylation sites is 2. The van der Waals surface area contributed by atoms with Gasteiger partial charge in [-0.2, -0.15) is 4.68 Å². The number of fused-ring (bicyclic) bond motifs is 1. The maximum atomic E-state index is 12.3. The molecule has 1 fully saturated rings. The van der Waals surface area contributed by atoms with Crippen LogP contribution in [0.5, 0.6) is 0 Å². The largest absolute Gasteiger partial charge is 0.462 e. The van der Waals surface area contributed by atoms with Gasteiger partial charge in [-0.25, -0.2) is 0 Å². The number of hydrogen-bond acceptors (Lipinski definition) is 7. The molecule has 1 aliphatic carbocycles. The minimum atomic E-state index is -0.220. The van der Waals surface area contributed by atoms with Gasteiger partial charge >= 0.3 is 5.97 Å². The first-order chi connectivity index (χ1) is 14.8. The van der Waals surface area contributed by atoms with Crippen LogP contribution in [0.2, 0.25) is 0 Å². The number of hydrogen-bond donors (Lipinski definition) is 0. The fraction of sp³-hybridized carbons (Fsp3) is 0.286. The molecule has 0 spiro atoms.